The normalized spacial score (nSPS) is 21.5. The number of rotatable bonds is 7. The number of fused-ring (bicyclic) bond motifs is 1. The van der Waals surface area contributed by atoms with Crippen molar-refractivity contribution in [2.24, 2.45) is 0 Å². The smallest absolute Gasteiger partial charge is 0.143 e. The van der Waals surface area contributed by atoms with Crippen LogP contribution in [0.5, 0.6) is 5.75 Å². The molecule has 0 radical (unpaired) electrons. The number of Topliss-reactive ketones (excluding diaryl/α,β-unsaturated/α-hetero) is 1. The van der Waals surface area contributed by atoms with Crippen LogP contribution in [0.3, 0.4) is 0 Å². The Morgan fingerprint density at radius 1 is 1.18 bits per heavy atom. The SMILES string of the molecule is CCCc1ccccc1CC1CC(c2ccc3c(c2)CCO3)CN1CC(C)=O. The van der Waals surface area contributed by atoms with Crippen molar-refractivity contribution in [2.75, 3.05) is 19.7 Å². The summed E-state index contributed by atoms with van der Waals surface area (Å²) >= 11 is 0. The van der Waals surface area contributed by atoms with Crippen LogP contribution in [0.2, 0.25) is 0 Å². The van der Waals surface area contributed by atoms with Crippen LogP contribution in [-0.2, 0) is 24.1 Å². The first kappa shape index (κ1) is 19.2. The number of hydrogen-bond acceptors (Lipinski definition) is 3. The Hall–Kier alpha value is -2.13. The van der Waals surface area contributed by atoms with Crippen LogP contribution in [0.1, 0.15) is 54.9 Å². The molecule has 0 N–H and O–H groups in total. The molecular formula is C25H31NO2. The van der Waals surface area contributed by atoms with Gasteiger partial charge in [-0.25, -0.2) is 0 Å². The van der Waals surface area contributed by atoms with E-state index in [1.54, 1.807) is 6.92 Å². The number of carbonyl (C=O) groups excluding carboxylic acids is 1. The molecule has 4 rings (SSSR count). The molecule has 2 atom stereocenters. The molecule has 3 nitrogen and oxygen atoms in total. The largest absolute Gasteiger partial charge is 0.493 e. The minimum Gasteiger partial charge on any atom is -0.493 e. The Kier molecular flexibility index (Phi) is 5.82. The van der Waals surface area contributed by atoms with E-state index in [9.17, 15) is 4.79 Å². The van der Waals surface area contributed by atoms with Gasteiger partial charge in [-0.05, 0) is 60.4 Å². The summed E-state index contributed by atoms with van der Waals surface area (Å²) in [6.07, 6.45) is 5.46. The zero-order valence-electron chi connectivity index (χ0n) is 17.1. The quantitative estimate of drug-likeness (QED) is 0.708. The van der Waals surface area contributed by atoms with Crippen molar-refractivity contribution in [1.82, 2.24) is 4.90 Å². The molecular weight excluding hydrogens is 346 g/mol. The van der Waals surface area contributed by atoms with Gasteiger partial charge in [0.05, 0.1) is 13.2 Å². The van der Waals surface area contributed by atoms with Gasteiger partial charge in [0.15, 0.2) is 0 Å². The van der Waals surface area contributed by atoms with Crippen LogP contribution in [0.4, 0.5) is 0 Å². The summed E-state index contributed by atoms with van der Waals surface area (Å²) in [5.41, 5.74) is 5.66. The fourth-order valence-electron chi connectivity index (χ4n) is 4.90. The zero-order chi connectivity index (χ0) is 19.5. The molecule has 0 spiro atoms. The molecule has 2 heterocycles. The second-order valence-corrected chi connectivity index (χ2v) is 8.41. The maximum atomic E-state index is 11.9. The number of ether oxygens (including phenoxy) is 1. The number of ketones is 1. The van der Waals surface area contributed by atoms with Crippen molar-refractivity contribution >= 4 is 5.78 Å². The van der Waals surface area contributed by atoms with Gasteiger partial charge >= 0.3 is 0 Å². The molecule has 2 aliphatic heterocycles. The van der Waals surface area contributed by atoms with E-state index in [1.165, 1.54) is 28.7 Å². The van der Waals surface area contributed by atoms with E-state index in [4.69, 9.17) is 4.74 Å². The maximum Gasteiger partial charge on any atom is 0.143 e. The number of nitrogens with zero attached hydrogens (tertiary/aromatic N) is 1. The van der Waals surface area contributed by atoms with Gasteiger partial charge < -0.3 is 4.74 Å². The highest BCUT2D eigenvalue weighted by Gasteiger charge is 2.34. The van der Waals surface area contributed by atoms with Crippen molar-refractivity contribution in [2.45, 2.75) is 57.9 Å². The van der Waals surface area contributed by atoms with Gasteiger partial charge in [0.2, 0.25) is 0 Å². The summed E-state index contributed by atoms with van der Waals surface area (Å²) < 4.78 is 5.67. The monoisotopic (exact) mass is 377 g/mol. The highest BCUT2D eigenvalue weighted by atomic mass is 16.5. The molecule has 28 heavy (non-hydrogen) atoms. The van der Waals surface area contributed by atoms with Crippen molar-refractivity contribution in [3.05, 3.63) is 64.7 Å². The Balaban J connectivity index is 1.55. The minimum atomic E-state index is 0.259. The van der Waals surface area contributed by atoms with Crippen LogP contribution < -0.4 is 4.74 Å². The molecule has 2 aromatic carbocycles. The third-order valence-corrected chi connectivity index (χ3v) is 6.23. The lowest BCUT2D eigenvalue weighted by molar-refractivity contribution is -0.118. The zero-order valence-corrected chi connectivity index (χ0v) is 17.1. The predicted octanol–water partition coefficient (Wildman–Crippen LogP) is 4.56. The third-order valence-electron chi connectivity index (χ3n) is 6.23. The molecule has 2 aromatic rings. The number of aryl methyl sites for hydroxylation is 1. The molecule has 0 aromatic heterocycles. The van der Waals surface area contributed by atoms with Crippen molar-refractivity contribution in [3.63, 3.8) is 0 Å². The summed E-state index contributed by atoms with van der Waals surface area (Å²) in [4.78, 5) is 14.3. The van der Waals surface area contributed by atoms with E-state index in [1.807, 2.05) is 0 Å². The van der Waals surface area contributed by atoms with E-state index >= 15 is 0 Å². The summed E-state index contributed by atoms with van der Waals surface area (Å²) in [6, 6.07) is 16.0. The van der Waals surface area contributed by atoms with Crippen LogP contribution in [0, 0.1) is 0 Å². The van der Waals surface area contributed by atoms with Gasteiger partial charge in [-0.3, -0.25) is 9.69 Å². The Labute approximate surface area is 168 Å². The molecule has 2 aliphatic rings. The second-order valence-electron chi connectivity index (χ2n) is 8.41. The fraction of sp³-hybridized carbons (Fsp3) is 0.480. The van der Waals surface area contributed by atoms with Gasteiger partial charge in [-0.1, -0.05) is 49.7 Å². The first-order valence-electron chi connectivity index (χ1n) is 10.7. The van der Waals surface area contributed by atoms with Crippen molar-refractivity contribution in [1.29, 1.82) is 0 Å². The first-order chi connectivity index (χ1) is 13.6. The molecule has 0 bridgehead atoms. The molecule has 148 valence electrons. The predicted molar refractivity (Wildman–Crippen MR) is 113 cm³/mol. The van der Waals surface area contributed by atoms with E-state index in [2.05, 4.69) is 54.3 Å². The van der Waals surface area contributed by atoms with Gasteiger partial charge in [0, 0.05) is 19.0 Å². The number of carbonyl (C=O) groups is 1. The van der Waals surface area contributed by atoms with Gasteiger partial charge in [-0.15, -0.1) is 0 Å². The topological polar surface area (TPSA) is 29.5 Å². The Morgan fingerprint density at radius 3 is 2.79 bits per heavy atom. The molecule has 1 fully saturated rings. The van der Waals surface area contributed by atoms with E-state index in [0.717, 1.165) is 44.6 Å². The lowest BCUT2D eigenvalue weighted by Gasteiger charge is -2.24. The highest BCUT2D eigenvalue weighted by Crippen LogP contribution is 2.36. The molecule has 0 aliphatic carbocycles. The highest BCUT2D eigenvalue weighted by molar-refractivity contribution is 5.77. The fourth-order valence-corrected chi connectivity index (χ4v) is 4.90. The summed E-state index contributed by atoms with van der Waals surface area (Å²) in [7, 11) is 0. The third kappa shape index (κ3) is 4.15. The molecule has 0 amide bonds. The van der Waals surface area contributed by atoms with Crippen LogP contribution in [0.15, 0.2) is 42.5 Å². The summed E-state index contributed by atoms with van der Waals surface area (Å²) in [5.74, 6) is 1.80. The molecule has 0 saturated carbocycles. The first-order valence-corrected chi connectivity index (χ1v) is 10.7. The van der Waals surface area contributed by atoms with Crippen molar-refractivity contribution in [3.8, 4) is 5.75 Å². The lowest BCUT2D eigenvalue weighted by atomic mass is 9.91. The summed E-state index contributed by atoms with van der Waals surface area (Å²) in [5, 5.41) is 0. The number of likely N-dealkylation sites (tertiary alicyclic amines) is 1. The molecule has 2 unspecified atom stereocenters. The maximum absolute atomic E-state index is 11.9. The molecule has 3 heteroatoms. The van der Waals surface area contributed by atoms with Gasteiger partial charge in [0.1, 0.15) is 11.5 Å². The van der Waals surface area contributed by atoms with Crippen LogP contribution in [-0.4, -0.2) is 36.4 Å². The average Bonchev–Trinajstić information content (AvgIpc) is 3.29. The Bertz CT molecular complexity index is 844. The van der Waals surface area contributed by atoms with Crippen LogP contribution >= 0.6 is 0 Å². The van der Waals surface area contributed by atoms with Gasteiger partial charge in [-0.2, -0.15) is 0 Å². The van der Waals surface area contributed by atoms with E-state index in [-0.39, 0.29) is 5.78 Å². The average molecular weight is 378 g/mol. The van der Waals surface area contributed by atoms with E-state index in [0.29, 0.717) is 18.5 Å². The number of hydrogen-bond donors (Lipinski definition) is 0. The van der Waals surface area contributed by atoms with E-state index < -0.39 is 0 Å². The summed E-state index contributed by atoms with van der Waals surface area (Å²) in [6.45, 7) is 6.28. The van der Waals surface area contributed by atoms with Crippen LogP contribution in [0.25, 0.3) is 0 Å². The standard InChI is InChI=1S/C25H31NO2/c1-3-6-19-7-4-5-8-20(19)14-24-15-23(17-26(24)16-18(2)27)21-9-10-25-22(13-21)11-12-28-25/h4-5,7-10,13,23-24H,3,6,11-12,14-17H2,1-2H3. The molecule has 1 saturated heterocycles. The lowest BCUT2D eigenvalue weighted by Crippen LogP contribution is -2.35. The van der Waals surface area contributed by atoms with Crippen molar-refractivity contribution < 1.29 is 9.53 Å². The second kappa shape index (κ2) is 8.48. The van der Waals surface area contributed by atoms with Gasteiger partial charge in [0.25, 0.3) is 0 Å². The minimum absolute atomic E-state index is 0.259. The number of benzene rings is 2. The Morgan fingerprint density at radius 2 is 2.00 bits per heavy atom.